The van der Waals surface area contributed by atoms with Gasteiger partial charge in [0.1, 0.15) is 16.7 Å². The van der Waals surface area contributed by atoms with Crippen LogP contribution in [0.1, 0.15) is 16.7 Å². The number of aromatic nitrogens is 4. The van der Waals surface area contributed by atoms with Crippen LogP contribution in [-0.4, -0.2) is 19.9 Å². The van der Waals surface area contributed by atoms with E-state index in [0.717, 1.165) is 26.6 Å². The topological polar surface area (TPSA) is 78.2 Å². The van der Waals surface area contributed by atoms with Crippen molar-refractivity contribution in [3.8, 4) is 17.3 Å². The lowest BCUT2D eigenvalue weighted by Crippen LogP contribution is -1.99. The Morgan fingerprint density at radius 1 is 1.09 bits per heavy atom. The number of rotatable bonds is 6. The van der Waals surface area contributed by atoms with Crippen molar-refractivity contribution in [2.75, 3.05) is 0 Å². The number of H-pyrrole nitrogens is 1. The maximum Gasteiger partial charge on any atom is 0.189 e. The monoisotopic (exact) mass is 471 g/mol. The van der Waals surface area contributed by atoms with Crippen LogP contribution < -0.4 is 0 Å². The predicted octanol–water partition coefficient (Wildman–Crippen LogP) is 6.71. The van der Waals surface area contributed by atoms with Crippen molar-refractivity contribution in [3.05, 3.63) is 83.0 Å². The number of nitrogens with one attached hydrogen (secondary N) is 1. The van der Waals surface area contributed by atoms with Gasteiger partial charge in [-0.2, -0.15) is 5.26 Å². The molecule has 0 aliphatic carbocycles. The van der Waals surface area contributed by atoms with Crippen LogP contribution in [0.4, 0.5) is 0 Å². The fourth-order valence-corrected chi connectivity index (χ4v) is 5.77. The average molecular weight is 472 g/mol. The third-order valence-electron chi connectivity index (χ3n) is 4.89. The Morgan fingerprint density at radius 3 is 2.72 bits per heavy atom. The first-order chi connectivity index (χ1) is 15.7. The number of benzene rings is 2. The lowest BCUT2D eigenvalue weighted by atomic mass is 10.1. The van der Waals surface area contributed by atoms with Crippen LogP contribution in [-0.2, 0) is 5.75 Å². The second kappa shape index (κ2) is 9.17. The lowest BCUT2D eigenvalue weighted by Gasteiger charge is -2.10. The third-order valence-corrected chi connectivity index (χ3v) is 7.68. The standard InChI is InChI=1S/C24H17N5S3/c1-15-6-8-16(9-7-15)14-31-23-28-21(19-13-27-20-5-3-2-4-17(19)20)18(12-25)22(29-23)32-24-26-10-11-30-24/h2-11,13,27H,14H2,1H3. The molecule has 0 amide bonds. The number of nitriles is 1. The molecule has 2 aromatic carbocycles. The van der Waals surface area contributed by atoms with Gasteiger partial charge >= 0.3 is 0 Å². The maximum atomic E-state index is 10.0. The highest BCUT2D eigenvalue weighted by Gasteiger charge is 2.20. The highest BCUT2D eigenvalue weighted by Crippen LogP contribution is 2.38. The molecular formula is C24H17N5S3. The van der Waals surface area contributed by atoms with Crippen LogP contribution >= 0.6 is 34.9 Å². The second-order valence-electron chi connectivity index (χ2n) is 7.07. The van der Waals surface area contributed by atoms with E-state index in [1.165, 1.54) is 34.2 Å². The molecule has 0 unspecified atom stereocenters. The Hall–Kier alpha value is -3.12. The van der Waals surface area contributed by atoms with Crippen LogP contribution in [0.2, 0.25) is 0 Å². The van der Waals surface area contributed by atoms with Gasteiger partial charge in [-0.05, 0) is 30.3 Å². The molecular weight excluding hydrogens is 455 g/mol. The Kier molecular flexibility index (Phi) is 5.95. The molecule has 156 valence electrons. The van der Waals surface area contributed by atoms with Crippen LogP contribution in [0.3, 0.4) is 0 Å². The van der Waals surface area contributed by atoms with E-state index in [1.54, 1.807) is 18.0 Å². The van der Waals surface area contributed by atoms with Gasteiger partial charge in [-0.1, -0.05) is 59.8 Å². The number of thiazole rings is 1. The smallest absolute Gasteiger partial charge is 0.189 e. The number of thioether (sulfide) groups is 1. The fraction of sp³-hybridized carbons (Fsp3) is 0.0833. The summed E-state index contributed by atoms with van der Waals surface area (Å²) in [5, 5.41) is 14.3. The summed E-state index contributed by atoms with van der Waals surface area (Å²) in [7, 11) is 0. The highest BCUT2D eigenvalue weighted by atomic mass is 32.2. The Balaban J connectivity index is 1.59. The van der Waals surface area contributed by atoms with Crippen LogP contribution in [0.25, 0.3) is 22.2 Å². The normalized spacial score (nSPS) is 11.0. The number of para-hydroxylation sites is 1. The zero-order chi connectivity index (χ0) is 21.9. The first-order valence-corrected chi connectivity index (χ1v) is 12.5. The minimum Gasteiger partial charge on any atom is -0.360 e. The molecule has 32 heavy (non-hydrogen) atoms. The van der Waals surface area contributed by atoms with E-state index in [-0.39, 0.29) is 0 Å². The molecule has 0 saturated heterocycles. The van der Waals surface area contributed by atoms with Crippen molar-refractivity contribution < 1.29 is 0 Å². The van der Waals surface area contributed by atoms with Gasteiger partial charge in [0.2, 0.25) is 0 Å². The van der Waals surface area contributed by atoms with Crippen molar-refractivity contribution >= 4 is 45.8 Å². The summed E-state index contributed by atoms with van der Waals surface area (Å²) in [6.07, 6.45) is 3.67. The molecule has 0 atom stereocenters. The molecule has 0 fully saturated rings. The number of hydrogen-bond donors (Lipinski definition) is 1. The van der Waals surface area contributed by atoms with Crippen molar-refractivity contribution in [3.63, 3.8) is 0 Å². The van der Waals surface area contributed by atoms with E-state index >= 15 is 0 Å². The summed E-state index contributed by atoms with van der Waals surface area (Å²) >= 11 is 4.51. The average Bonchev–Trinajstić information content (AvgIpc) is 3.48. The third kappa shape index (κ3) is 4.28. The Bertz CT molecular complexity index is 1420. The zero-order valence-corrected chi connectivity index (χ0v) is 19.5. The molecule has 5 rings (SSSR count). The lowest BCUT2D eigenvalue weighted by molar-refractivity contribution is 0.887. The SMILES string of the molecule is Cc1ccc(CSc2nc(Sc3nccs3)c(C#N)c(-c3c[nH]c4ccccc34)n2)cc1. The van der Waals surface area contributed by atoms with Crippen molar-refractivity contribution in [1.82, 2.24) is 19.9 Å². The molecule has 8 heteroatoms. The molecule has 1 N–H and O–H groups in total. The number of nitrogens with zero attached hydrogens (tertiary/aromatic N) is 4. The fourth-order valence-electron chi connectivity index (χ4n) is 3.30. The van der Waals surface area contributed by atoms with Gasteiger partial charge in [-0.15, -0.1) is 11.3 Å². The van der Waals surface area contributed by atoms with Gasteiger partial charge in [0.05, 0.1) is 5.69 Å². The minimum absolute atomic E-state index is 0.467. The molecule has 0 bridgehead atoms. The van der Waals surface area contributed by atoms with Gasteiger partial charge in [-0.3, -0.25) is 0 Å². The Labute approximate surface area is 198 Å². The summed E-state index contributed by atoms with van der Waals surface area (Å²) in [5.74, 6) is 0.751. The molecule has 5 nitrogen and oxygen atoms in total. The molecule has 0 aliphatic rings. The van der Waals surface area contributed by atoms with Gasteiger partial charge in [0.25, 0.3) is 0 Å². The second-order valence-corrected chi connectivity index (χ2v) is 10.1. The van der Waals surface area contributed by atoms with E-state index < -0.39 is 0 Å². The van der Waals surface area contributed by atoms with Crippen molar-refractivity contribution in [1.29, 1.82) is 5.26 Å². The van der Waals surface area contributed by atoms with E-state index in [1.807, 2.05) is 35.8 Å². The number of aryl methyl sites for hydroxylation is 1. The molecule has 0 saturated carbocycles. The van der Waals surface area contributed by atoms with Crippen molar-refractivity contribution in [2.45, 2.75) is 27.2 Å². The summed E-state index contributed by atoms with van der Waals surface area (Å²) in [6, 6.07) is 18.8. The van der Waals surface area contributed by atoms with E-state index in [0.29, 0.717) is 21.4 Å². The van der Waals surface area contributed by atoms with Crippen LogP contribution in [0, 0.1) is 18.3 Å². The number of fused-ring (bicyclic) bond motifs is 1. The summed E-state index contributed by atoms with van der Waals surface area (Å²) in [6.45, 7) is 2.08. The molecule has 0 radical (unpaired) electrons. The highest BCUT2D eigenvalue weighted by molar-refractivity contribution is 8.01. The van der Waals surface area contributed by atoms with Gasteiger partial charge in [-0.25, -0.2) is 15.0 Å². The quantitative estimate of drug-likeness (QED) is 0.169. The first kappa shape index (κ1) is 20.8. The minimum atomic E-state index is 0.467. The summed E-state index contributed by atoms with van der Waals surface area (Å²) in [4.78, 5) is 17.2. The molecule has 0 spiro atoms. The zero-order valence-electron chi connectivity index (χ0n) is 17.1. The maximum absolute atomic E-state index is 10.0. The van der Waals surface area contributed by atoms with E-state index in [2.05, 4.69) is 47.2 Å². The molecule has 3 aromatic heterocycles. The Morgan fingerprint density at radius 2 is 1.94 bits per heavy atom. The molecule has 5 aromatic rings. The first-order valence-electron chi connectivity index (χ1n) is 9.85. The van der Waals surface area contributed by atoms with Gasteiger partial charge < -0.3 is 4.98 Å². The van der Waals surface area contributed by atoms with Crippen LogP contribution in [0.5, 0.6) is 0 Å². The van der Waals surface area contributed by atoms with E-state index in [9.17, 15) is 5.26 Å². The number of aromatic amines is 1. The van der Waals surface area contributed by atoms with Gasteiger partial charge in [0, 0.05) is 40.0 Å². The molecule has 3 heterocycles. The summed E-state index contributed by atoms with van der Waals surface area (Å²) in [5.41, 5.74) is 5.46. The molecule has 0 aliphatic heterocycles. The van der Waals surface area contributed by atoms with Gasteiger partial charge in [0.15, 0.2) is 9.50 Å². The largest absolute Gasteiger partial charge is 0.360 e. The van der Waals surface area contributed by atoms with Crippen LogP contribution in [0.15, 0.2) is 80.8 Å². The predicted molar refractivity (Wildman–Crippen MR) is 131 cm³/mol. The number of hydrogen-bond acceptors (Lipinski definition) is 7. The van der Waals surface area contributed by atoms with E-state index in [4.69, 9.17) is 9.97 Å². The van der Waals surface area contributed by atoms with Crippen molar-refractivity contribution in [2.24, 2.45) is 0 Å². The summed E-state index contributed by atoms with van der Waals surface area (Å²) < 4.78 is 0.847.